The molecule has 0 aromatic heterocycles. The van der Waals surface area contributed by atoms with Crippen LogP contribution in [0.25, 0.3) is 0 Å². The van der Waals surface area contributed by atoms with Gasteiger partial charge in [0.05, 0.1) is 19.4 Å². The van der Waals surface area contributed by atoms with Gasteiger partial charge in [-0.2, -0.15) is 5.10 Å². The number of ether oxygens (including phenoxy) is 1. The summed E-state index contributed by atoms with van der Waals surface area (Å²) in [6, 6.07) is 14.6. The molecule has 2 N–H and O–H groups in total. The molecule has 0 atom stereocenters. The van der Waals surface area contributed by atoms with Crippen molar-refractivity contribution >= 4 is 29.4 Å². The molecule has 0 aliphatic rings. The molecule has 2 aromatic carbocycles. The van der Waals surface area contributed by atoms with Gasteiger partial charge in [0.2, 0.25) is 0 Å². The maximum atomic E-state index is 11.7. The van der Waals surface area contributed by atoms with Crippen molar-refractivity contribution in [3.05, 3.63) is 59.1 Å². The van der Waals surface area contributed by atoms with Crippen LogP contribution in [-0.2, 0) is 4.79 Å². The number of hydrogen-bond acceptors (Lipinski definition) is 4. The number of carbonyl (C=O) groups excluding carboxylic acids is 1. The van der Waals surface area contributed by atoms with E-state index in [9.17, 15) is 4.79 Å². The van der Waals surface area contributed by atoms with Crippen molar-refractivity contribution in [2.75, 3.05) is 18.5 Å². The number of anilines is 1. The summed E-state index contributed by atoms with van der Waals surface area (Å²) in [5, 5.41) is 7.55. The van der Waals surface area contributed by atoms with Gasteiger partial charge in [-0.25, -0.2) is 5.43 Å². The van der Waals surface area contributed by atoms with Crippen LogP contribution in [0.3, 0.4) is 0 Å². The SMILES string of the molecule is CCOc1ccc(/C=N\NC(=O)CNc2ccc(Cl)cc2)cc1. The predicted octanol–water partition coefficient (Wildman–Crippen LogP) is 3.30. The van der Waals surface area contributed by atoms with E-state index in [2.05, 4.69) is 15.8 Å². The van der Waals surface area contributed by atoms with Crippen molar-refractivity contribution in [3.63, 3.8) is 0 Å². The summed E-state index contributed by atoms with van der Waals surface area (Å²) in [4.78, 5) is 11.7. The Hall–Kier alpha value is -2.53. The van der Waals surface area contributed by atoms with Gasteiger partial charge in [0.15, 0.2) is 0 Å². The van der Waals surface area contributed by atoms with E-state index in [1.54, 1.807) is 30.5 Å². The number of nitrogens with one attached hydrogen (secondary N) is 2. The van der Waals surface area contributed by atoms with E-state index >= 15 is 0 Å². The van der Waals surface area contributed by atoms with Crippen LogP contribution in [0.5, 0.6) is 5.75 Å². The first-order valence-electron chi connectivity index (χ1n) is 7.21. The molecule has 2 rings (SSSR count). The number of benzene rings is 2. The van der Waals surface area contributed by atoms with E-state index in [1.807, 2.05) is 31.2 Å². The van der Waals surface area contributed by atoms with Crippen molar-refractivity contribution in [3.8, 4) is 5.75 Å². The third kappa shape index (κ3) is 6.00. The molecular weight excluding hydrogens is 314 g/mol. The van der Waals surface area contributed by atoms with Crippen LogP contribution in [0.4, 0.5) is 5.69 Å². The highest BCUT2D eigenvalue weighted by Crippen LogP contribution is 2.13. The van der Waals surface area contributed by atoms with Gasteiger partial charge in [-0.1, -0.05) is 11.6 Å². The summed E-state index contributed by atoms with van der Waals surface area (Å²) in [6.07, 6.45) is 1.58. The van der Waals surface area contributed by atoms with E-state index in [4.69, 9.17) is 16.3 Å². The van der Waals surface area contributed by atoms with Crippen molar-refractivity contribution in [2.24, 2.45) is 5.10 Å². The number of nitrogens with zero attached hydrogens (tertiary/aromatic N) is 1. The Morgan fingerprint density at radius 2 is 1.87 bits per heavy atom. The number of rotatable bonds is 7. The fourth-order valence-electron chi connectivity index (χ4n) is 1.79. The minimum Gasteiger partial charge on any atom is -0.494 e. The molecule has 120 valence electrons. The van der Waals surface area contributed by atoms with Gasteiger partial charge in [-0.3, -0.25) is 4.79 Å². The first-order valence-corrected chi connectivity index (χ1v) is 7.59. The van der Waals surface area contributed by atoms with Crippen LogP contribution < -0.4 is 15.5 Å². The monoisotopic (exact) mass is 331 g/mol. The van der Waals surface area contributed by atoms with E-state index in [-0.39, 0.29) is 12.5 Å². The largest absolute Gasteiger partial charge is 0.494 e. The molecule has 0 unspecified atom stereocenters. The smallest absolute Gasteiger partial charge is 0.259 e. The summed E-state index contributed by atoms with van der Waals surface area (Å²) in [5.74, 6) is 0.572. The summed E-state index contributed by atoms with van der Waals surface area (Å²) >= 11 is 5.79. The molecule has 1 amide bonds. The van der Waals surface area contributed by atoms with Crippen LogP contribution in [0.1, 0.15) is 12.5 Å². The van der Waals surface area contributed by atoms with Crippen LogP contribution in [0, 0.1) is 0 Å². The zero-order valence-corrected chi connectivity index (χ0v) is 13.5. The van der Waals surface area contributed by atoms with Crippen molar-refractivity contribution in [2.45, 2.75) is 6.92 Å². The molecule has 0 spiro atoms. The molecule has 0 aliphatic carbocycles. The summed E-state index contributed by atoms with van der Waals surface area (Å²) in [6.45, 7) is 2.69. The highest BCUT2D eigenvalue weighted by molar-refractivity contribution is 6.30. The highest BCUT2D eigenvalue weighted by atomic mass is 35.5. The van der Waals surface area contributed by atoms with Gasteiger partial charge >= 0.3 is 0 Å². The summed E-state index contributed by atoms with van der Waals surface area (Å²) in [5.41, 5.74) is 4.16. The Morgan fingerprint density at radius 3 is 2.52 bits per heavy atom. The molecular formula is C17H18ClN3O2. The lowest BCUT2D eigenvalue weighted by Gasteiger charge is -2.05. The second kappa shape index (κ2) is 8.80. The molecule has 0 saturated carbocycles. The van der Waals surface area contributed by atoms with Gasteiger partial charge in [0.25, 0.3) is 5.91 Å². The Kier molecular flexibility index (Phi) is 6.44. The Balaban J connectivity index is 1.75. The molecule has 0 saturated heterocycles. The van der Waals surface area contributed by atoms with Gasteiger partial charge in [0.1, 0.15) is 5.75 Å². The lowest BCUT2D eigenvalue weighted by atomic mass is 10.2. The minimum absolute atomic E-state index is 0.127. The van der Waals surface area contributed by atoms with Crippen LogP contribution in [-0.4, -0.2) is 25.3 Å². The average Bonchev–Trinajstić information content (AvgIpc) is 2.56. The van der Waals surface area contributed by atoms with E-state index in [0.717, 1.165) is 17.0 Å². The predicted molar refractivity (Wildman–Crippen MR) is 93.3 cm³/mol. The van der Waals surface area contributed by atoms with Gasteiger partial charge < -0.3 is 10.1 Å². The number of carbonyl (C=O) groups is 1. The van der Waals surface area contributed by atoms with Crippen LogP contribution in [0.2, 0.25) is 5.02 Å². The van der Waals surface area contributed by atoms with Crippen molar-refractivity contribution in [1.29, 1.82) is 0 Å². The molecule has 0 fully saturated rings. The Bertz CT molecular complexity index is 655. The second-order valence-electron chi connectivity index (χ2n) is 4.66. The first-order chi connectivity index (χ1) is 11.2. The van der Waals surface area contributed by atoms with Gasteiger partial charge in [-0.15, -0.1) is 0 Å². The molecule has 0 radical (unpaired) electrons. The topological polar surface area (TPSA) is 62.7 Å². The lowest BCUT2D eigenvalue weighted by molar-refractivity contribution is -0.119. The third-order valence-electron chi connectivity index (χ3n) is 2.89. The number of halogens is 1. The minimum atomic E-state index is -0.234. The Morgan fingerprint density at radius 1 is 1.17 bits per heavy atom. The fourth-order valence-corrected chi connectivity index (χ4v) is 1.91. The summed E-state index contributed by atoms with van der Waals surface area (Å²) in [7, 11) is 0. The van der Waals surface area contributed by atoms with Gasteiger partial charge in [0, 0.05) is 10.7 Å². The zero-order chi connectivity index (χ0) is 16.5. The van der Waals surface area contributed by atoms with Crippen LogP contribution >= 0.6 is 11.6 Å². The number of amides is 1. The number of hydrazone groups is 1. The highest BCUT2D eigenvalue weighted by Gasteiger charge is 1.99. The maximum Gasteiger partial charge on any atom is 0.259 e. The average molecular weight is 332 g/mol. The molecule has 0 bridgehead atoms. The molecule has 0 aliphatic heterocycles. The van der Waals surface area contributed by atoms with Crippen molar-refractivity contribution in [1.82, 2.24) is 5.43 Å². The standard InChI is InChI=1S/C17H18ClN3O2/c1-2-23-16-9-3-13(4-10-16)11-20-21-17(22)12-19-15-7-5-14(18)6-8-15/h3-11,19H,2,12H2,1H3,(H,21,22)/b20-11-. The molecule has 6 heteroatoms. The fraction of sp³-hybridized carbons (Fsp3) is 0.176. The Labute approximate surface area is 140 Å². The molecule has 5 nitrogen and oxygen atoms in total. The third-order valence-corrected chi connectivity index (χ3v) is 3.14. The maximum absolute atomic E-state index is 11.7. The second-order valence-corrected chi connectivity index (χ2v) is 5.09. The summed E-state index contributed by atoms with van der Waals surface area (Å²) < 4.78 is 5.35. The normalized spacial score (nSPS) is 10.5. The van der Waals surface area contributed by atoms with Crippen molar-refractivity contribution < 1.29 is 9.53 Å². The molecule has 0 heterocycles. The number of hydrogen-bond donors (Lipinski definition) is 2. The van der Waals surface area contributed by atoms with Crippen LogP contribution in [0.15, 0.2) is 53.6 Å². The lowest BCUT2D eigenvalue weighted by Crippen LogP contribution is -2.25. The van der Waals surface area contributed by atoms with E-state index in [1.165, 1.54) is 0 Å². The van der Waals surface area contributed by atoms with Gasteiger partial charge in [-0.05, 0) is 61.0 Å². The molecule has 23 heavy (non-hydrogen) atoms. The quantitative estimate of drug-likeness (QED) is 0.604. The van der Waals surface area contributed by atoms with E-state index < -0.39 is 0 Å². The first kappa shape index (κ1) is 16.8. The molecule has 2 aromatic rings. The zero-order valence-electron chi connectivity index (χ0n) is 12.8. The van der Waals surface area contributed by atoms with E-state index in [0.29, 0.717) is 11.6 Å².